The lowest BCUT2D eigenvalue weighted by molar-refractivity contribution is -0.141. The molecule has 0 amide bonds. The number of ketones is 1. The Bertz CT molecular complexity index is 699. The van der Waals surface area contributed by atoms with Crippen molar-refractivity contribution < 1.29 is 14.3 Å². The number of benzene rings is 1. The maximum Gasteiger partial charge on any atom is 0.302 e. The summed E-state index contributed by atoms with van der Waals surface area (Å²) in [4.78, 5) is 24.5. The van der Waals surface area contributed by atoms with E-state index in [1.54, 1.807) is 11.3 Å². The Kier molecular flexibility index (Phi) is 3.34. The highest BCUT2D eigenvalue weighted by atomic mass is 32.1. The van der Waals surface area contributed by atoms with Crippen LogP contribution in [0.3, 0.4) is 0 Å². The van der Waals surface area contributed by atoms with Crippen molar-refractivity contribution in [1.82, 2.24) is 0 Å². The van der Waals surface area contributed by atoms with Gasteiger partial charge in [-0.2, -0.15) is 0 Å². The molecule has 1 aromatic heterocycles. The fourth-order valence-corrected chi connectivity index (χ4v) is 4.06. The van der Waals surface area contributed by atoms with Gasteiger partial charge in [0.05, 0.1) is 6.61 Å². The molecule has 0 fully saturated rings. The first-order valence-electron chi connectivity index (χ1n) is 6.76. The van der Waals surface area contributed by atoms with Gasteiger partial charge < -0.3 is 4.74 Å². The normalized spacial score (nSPS) is 18.1. The highest BCUT2D eigenvalue weighted by Gasteiger charge is 2.27. The van der Waals surface area contributed by atoms with Crippen molar-refractivity contribution in [1.29, 1.82) is 0 Å². The van der Waals surface area contributed by atoms with E-state index < -0.39 is 0 Å². The lowest BCUT2D eigenvalue weighted by atomic mass is 9.94. The molecule has 0 spiro atoms. The van der Waals surface area contributed by atoms with Crippen LogP contribution in [0.25, 0.3) is 10.1 Å². The number of thiophene rings is 1. The molecule has 1 aliphatic rings. The van der Waals surface area contributed by atoms with E-state index in [0.29, 0.717) is 13.0 Å². The molecule has 0 N–H and O–H groups in total. The first-order valence-corrected chi connectivity index (χ1v) is 7.58. The van der Waals surface area contributed by atoms with Crippen LogP contribution in [0.15, 0.2) is 18.2 Å². The monoisotopic (exact) mass is 288 g/mol. The molecule has 3 rings (SSSR count). The van der Waals surface area contributed by atoms with Crippen molar-refractivity contribution in [2.45, 2.75) is 32.6 Å². The fraction of sp³-hybridized carbons (Fsp3) is 0.375. The van der Waals surface area contributed by atoms with Gasteiger partial charge in [0.25, 0.3) is 0 Å². The topological polar surface area (TPSA) is 43.4 Å². The number of rotatable bonds is 2. The Morgan fingerprint density at radius 1 is 1.45 bits per heavy atom. The number of esters is 1. The molecule has 1 aliphatic carbocycles. The molecule has 0 radical (unpaired) electrons. The van der Waals surface area contributed by atoms with Crippen LogP contribution in [0.4, 0.5) is 0 Å². The van der Waals surface area contributed by atoms with Crippen molar-refractivity contribution in [3.05, 3.63) is 34.2 Å². The second-order valence-electron chi connectivity index (χ2n) is 5.21. The summed E-state index contributed by atoms with van der Waals surface area (Å²) in [5.74, 6) is 0.0581. The van der Waals surface area contributed by atoms with Crippen LogP contribution in [-0.2, 0) is 9.53 Å². The van der Waals surface area contributed by atoms with Gasteiger partial charge in [0.2, 0.25) is 0 Å². The number of hydrogen-bond donors (Lipinski definition) is 0. The van der Waals surface area contributed by atoms with Crippen LogP contribution < -0.4 is 0 Å². The molecule has 0 bridgehead atoms. The first kappa shape index (κ1) is 13.3. The minimum atomic E-state index is -0.269. The molecule has 0 saturated carbocycles. The maximum absolute atomic E-state index is 12.4. The van der Waals surface area contributed by atoms with Crippen molar-refractivity contribution in [2.24, 2.45) is 0 Å². The third-order valence-electron chi connectivity index (χ3n) is 3.85. The van der Waals surface area contributed by atoms with Gasteiger partial charge in [0.1, 0.15) is 0 Å². The summed E-state index contributed by atoms with van der Waals surface area (Å²) < 4.78 is 6.33. The van der Waals surface area contributed by atoms with Gasteiger partial charge in [-0.3, -0.25) is 9.59 Å². The highest BCUT2D eigenvalue weighted by Crippen LogP contribution is 2.41. The highest BCUT2D eigenvalue weighted by molar-refractivity contribution is 7.19. The van der Waals surface area contributed by atoms with Gasteiger partial charge in [-0.15, -0.1) is 11.3 Å². The smallest absolute Gasteiger partial charge is 0.302 e. The SMILES string of the molecule is CC(=O)OCC1CCC(=O)c2c(C)sc3cccc1c23. The summed E-state index contributed by atoms with van der Waals surface area (Å²) in [6.45, 7) is 3.78. The van der Waals surface area contributed by atoms with Crippen LogP contribution in [0.5, 0.6) is 0 Å². The number of carbonyl (C=O) groups excluding carboxylic acids is 2. The van der Waals surface area contributed by atoms with Crippen molar-refractivity contribution in [3.63, 3.8) is 0 Å². The van der Waals surface area contributed by atoms with Crippen LogP contribution in [0, 0.1) is 6.92 Å². The molecule has 20 heavy (non-hydrogen) atoms. The standard InChI is InChI=1S/C16H16O3S/c1-9-15-13(18)7-6-11(8-19-10(2)17)12-4-3-5-14(20-9)16(12)15/h3-5,11H,6-8H2,1-2H3. The molecular weight excluding hydrogens is 272 g/mol. The van der Waals surface area contributed by atoms with E-state index in [1.807, 2.05) is 13.0 Å². The zero-order valence-electron chi connectivity index (χ0n) is 11.6. The number of Topliss-reactive ketones (excluding diaryl/α,β-unsaturated/α-hetero) is 1. The largest absolute Gasteiger partial charge is 0.465 e. The molecule has 104 valence electrons. The summed E-state index contributed by atoms with van der Waals surface area (Å²) in [5, 5.41) is 1.08. The average Bonchev–Trinajstić information content (AvgIpc) is 2.66. The van der Waals surface area contributed by atoms with Gasteiger partial charge in [-0.1, -0.05) is 12.1 Å². The quantitative estimate of drug-likeness (QED) is 0.789. The molecule has 2 aromatic rings. The van der Waals surface area contributed by atoms with Gasteiger partial charge >= 0.3 is 5.97 Å². The molecule has 1 atom stereocenters. The summed E-state index contributed by atoms with van der Waals surface area (Å²) in [5.41, 5.74) is 2.03. The van der Waals surface area contributed by atoms with Gasteiger partial charge in [-0.05, 0) is 25.0 Å². The Hall–Kier alpha value is -1.68. The number of hydrogen-bond acceptors (Lipinski definition) is 4. The third kappa shape index (κ3) is 2.14. The zero-order chi connectivity index (χ0) is 14.3. The van der Waals surface area contributed by atoms with E-state index in [1.165, 1.54) is 6.92 Å². The van der Waals surface area contributed by atoms with Gasteiger partial charge in [0, 0.05) is 39.8 Å². The summed E-state index contributed by atoms with van der Waals surface area (Å²) in [6, 6.07) is 6.14. The molecule has 1 heterocycles. The van der Waals surface area contributed by atoms with E-state index >= 15 is 0 Å². The number of aryl methyl sites for hydroxylation is 1. The maximum atomic E-state index is 12.4. The van der Waals surface area contributed by atoms with Crippen LogP contribution in [-0.4, -0.2) is 18.4 Å². The zero-order valence-corrected chi connectivity index (χ0v) is 12.4. The summed E-state index contributed by atoms with van der Waals surface area (Å²) in [6.07, 6.45) is 1.26. The number of ether oxygens (including phenoxy) is 1. The Morgan fingerprint density at radius 3 is 3.00 bits per heavy atom. The average molecular weight is 288 g/mol. The second-order valence-corrected chi connectivity index (χ2v) is 6.47. The minimum Gasteiger partial charge on any atom is -0.465 e. The molecule has 0 aliphatic heterocycles. The Labute approximate surface area is 121 Å². The predicted molar refractivity (Wildman–Crippen MR) is 79.5 cm³/mol. The van der Waals surface area contributed by atoms with E-state index in [4.69, 9.17) is 4.74 Å². The second kappa shape index (κ2) is 5.02. The van der Waals surface area contributed by atoms with E-state index in [2.05, 4.69) is 12.1 Å². The predicted octanol–water partition coefficient (Wildman–Crippen LogP) is 3.83. The van der Waals surface area contributed by atoms with Crippen LogP contribution >= 0.6 is 11.3 Å². The van der Waals surface area contributed by atoms with Crippen LogP contribution in [0.2, 0.25) is 0 Å². The van der Waals surface area contributed by atoms with Crippen molar-refractivity contribution in [3.8, 4) is 0 Å². The lowest BCUT2D eigenvalue weighted by Gasteiger charge is -2.15. The molecule has 1 unspecified atom stereocenters. The number of carbonyl (C=O) groups is 2. The van der Waals surface area contributed by atoms with Crippen molar-refractivity contribution >= 4 is 33.2 Å². The fourth-order valence-electron chi connectivity index (χ4n) is 2.95. The van der Waals surface area contributed by atoms with Crippen LogP contribution in [0.1, 0.15) is 46.5 Å². The Balaban J connectivity index is 2.14. The summed E-state index contributed by atoms with van der Waals surface area (Å²) in [7, 11) is 0. The molecule has 0 saturated heterocycles. The van der Waals surface area contributed by atoms with E-state index in [-0.39, 0.29) is 17.7 Å². The summed E-state index contributed by atoms with van der Waals surface area (Å²) >= 11 is 1.67. The first-order chi connectivity index (χ1) is 9.58. The minimum absolute atomic E-state index is 0.113. The Morgan fingerprint density at radius 2 is 2.25 bits per heavy atom. The van der Waals surface area contributed by atoms with Gasteiger partial charge in [0.15, 0.2) is 5.78 Å². The van der Waals surface area contributed by atoms with E-state index in [9.17, 15) is 9.59 Å². The molecular formula is C16H16O3S. The van der Waals surface area contributed by atoms with Crippen molar-refractivity contribution in [2.75, 3.05) is 6.61 Å². The molecule has 1 aromatic carbocycles. The molecule has 4 heteroatoms. The lowest BCUT2D eigenvalue weighted by Crippen LogP contribution is -2.11. The van der Waals surface area contributed by atoms with Gasteiger partial charge in [-0.25, -0.2) is 0 Å². The van der Waals surface area contributed by atoms with E-state index in [0.717, 1.165) is 32.5 Å². The molecule has 3 nitrogen and oxygen atoms in total. The third-order valence-corrected chi connectivity index (χ3v) is 4.92.